The van der Waals surface area contributed by atoms with Gasteiger partial charge in [0.05, 0.1) is 40.9 Å². The second kappa shape index (κ2) is 21.3. The molecule has 0 unspecified atom stereocenters. The monoisotopic (exact) mass is 884 g/mol. The number of nitrogens with zero attached hydrogens (tertiary/aromatic N) is 2. The van der Waals surface area contributed by atoms with Gasteiger partial charge in [-0.15, -0.1) is 11.3 Å². The Morgan fingerprint density at radius 2 is 1.57 bits per heavy atom. The molecule has 5 rings (SSSR count). The van der Waals surface area contributed by atoms with Gasteiger partial charge in [0.15, 0.2) is 0 Å². The fraction of sp³-hybridized carbons (Fsp3) is 0.500. The summed E-state index contributed by atoms with van der Waals surface area (Å²) in [7, 11) is 0. The molecule has 1 aliphatic heterocycles. The number of nitrogens with two attached hydrogens (primary N) is 1. The number of fused-ring (bicyclic) bond motifs is 1. The van der Waals surface area contributed by atoms with Crippen molar-refractivity contribution in [2.75, 3.05) is 6.54 Å². The van der Waals surface area contributed by atoms with E-state index >= 15 is 0 Å². The first-order valence-electron chi connectivity index (χ1n) is 21.6. The number of hydrogen-bond donors (Lipinski definition) is 5. The van der Waals surface area contributed by atoms with Crippen LogP contribution in [-0.4, -0.2) is 87.2 Å². The zero-order chi connectivity index (χ0) is 46.1. The van der Waals surface area contributed by atoms with E-state index in [1.54, 1.807) is 32.1 Å². The fourth-order valence-electron chi connectivity index (χ4n) is 7.58. The maximum atomic E-state index is 14.1. The molecular formula is C48H64N6O8S. The van der Waals surface area contributed by atoms with Crippen LogP contribution in [0, 0.1) is 12.3 Å². The van der Waals surface area contributed by atoms with Gasteiger partial charge in [-0.05, 0) is 98.4 Å². The number of hydrogen-bond acceptors (Lipinski definition) is 10. The highest BCUT2D eigenvalue weighted by atomic mass is 32.1. The third-order valence-corrected chi connectivity index (χ3v) is 12.0. The highest BCUT2D eigenvalue weighted by molar-refractivity contribution is 7.13. The second-order valence-corrected chi connectivity index (χ2v) is 19.4. The largest absolute Gasteiger partial charge is 0.444 e. The van der Waals surface area contributed by atoms with Crippen molar-refractivity contribution >= 4 is 51.8 Å². The van der Waals surface area contributed by atoms with Gasteiger partial charge in [-0.3, -0.25) is 19.2 Å². The topological polar surface area (TPSA) is 202 Å². The smallest absolute Gasteiger partial charge is 0.407 e. The molecule has 2 heterocycles. The summed E-state index contributed by atoms with van der Waals surface area (Å²) in [4.78, 5) is 71.7. The Morgan fingerprint density at radius 3 is 2.19 bits per heavy atom. The Bertz CT molecular complexity index is 2230. The number of primary amides is 1. The van der Waals surface area contributed by atoms with Crippen LogP contribution in [0.5, 0.6) is 0 Å². The quantitative estimate of drug-likeness (QED) is 0.0743. The molecule has 4 aromatic rings. The first-order valence-corrected chi connectivity index (χ1v) is 22.5. The third kappa shape index (κ3) is 14.3. The number of nitrogens with one attached hydrogen (secondary N) is 3. The Hall–Kier alpha value is -5.38. The molecular weight excluding hydrogens is 821 g/mol. The number of carbonyl (C=O) groups is 5. The summed E-state index contributed by atoms with van der Waals surface area (Å²) in [5.74, 6) is -1.48. The summed E-state index contributed by atoms with van der Waals surface area (Å²) in [5.41, 5.74) is 10.8. The standard InChI is InChI=1S/C48H64N6O8S/c1-29-42(63-28-51-29)34-16-13-32(14-17-34)25-50-44(58)39-24-37(55)26-54(39)45(59)43(47(3,4)5)53-41(57)11-9-10-31-12-18-36-23-33(15-19-35(36)22-31)27-61-30(2)38(20-21-40(49)56)52-46(60)62-48(6,7)8/h12-19,22-23,28,30,37-39,43,55H,9-11,20-21,24-27H2,1-8H3,(H2,49,56)(H,50,58)(H,52,60)(H,53,57)/t30-,37-,38+,39+,43-/m1/s1. The fourth-order valence-corrected chi connectivity index (χ4v) is 8.39. The van der Waals surface area contributed by atoms with Crippen LogP contribution in [0.3, 0.4) is 0 Å². The molecule has 0 aliphatic carbocycles. The molecule has 15 heteroatoms. The average Bonchev–Trinajstić information content (AvgIpc) is 3.83. The lowest BCUT2D eigenvalue weighted by Crippen LogP contribution is -2.57. The Morgan fingerprint density at radius 1 is 0.921 bits per heavy atom. The molecule has 0 bridgehead atoms. The van der Waals surface area contributed by atoms with Gasteiger partial charge < -0.3 is 41.2 Å². The molecule has 5 atom stereocenters. The van der Waals surface area contributed by atoms with Gasteiger partial charge in [0.2, 0.25) is 23.6 Å². The number of rotatable bonds is 18. The SMILES string of the molecule is Cc1ncsc1-c1ccc(CNC(=O)[C@@H]2C[C@@H](O)CN2C(=O)[C@@H](NC(=O)CCCc2ccc3cc(CO[C@H](C)[C@H](CCC(N)=O)NC(=O)OC(C)(C)C)ccc3c2)C(C)(C)C)cc1. The zero-order valence-corrected chi connectivity index (χ0v) is 38.6. The van der Waals surface area contributed by atoms with E-state index in [1.807, 2.05) is 94.7 Å². The maximum absolute atomic E-state index is 14.1. The van der Waals surface area contributed by atoms with Crippen molar-refractivity contribution in [2.45, 2.75) is 143 Å². The van der Waals surface area contributed by atoms with E-state index in [9.17, 15) is 29.1 Å². The first-order chi connectivity index (χ1) is 29.7. The van der Waals surface area contributed by atoms with Crippen LogP contribution < -0.4 is 21.7 Å². The predicted octanol–water partition coefficient (Wildman–Crippen LogP) is 6.47. The normalized spacial score (nSPS) is 16.9. The highest BCUT2D eigenvalue weighted by Crippen LogP contribution is 2.29. The number of aryl methyl sites for hydroxylation is 2. The number of likely N-dealkylation sites (tertiary alicyclic amines) is 1. The van der Waals surface area contributed by atoms with Gasteiger partial charge in [-0.1, -0.05) is 75.4 Å². The van der Waals surface area contributed by atoms with Gasteiger partial charge in [0.1, 0.15) is 17.7 Å². The molecule has 0 spiro atoms. The number of aromatic nitrogens is 1. The minimum atomic E-state index is -0.905. The highest BCUT2D eigenvalue weighted by Gasteiger charge is 2.44. The lowest BCUT2D eigenvalue weighted by atomic mass is 9.85. The number of thiazole rings is 1. The van der Waals surface area contributed by atoms with Crippen molar-refractivity contribution in [3.8, 4) is 10.4 Å². The third-order valence-electron chi connectivity index (χ3n) is 11.0. The minimum Gasteiger partial charge on any atom is -0.444 e. The molecule has 340 valence electrons. The van der Waals surface area contributed by atoms with E-state index < -0.39 is 59.3 Å². The number of ether oxygens (including phenoxy) is 2. The summed E-state index contributed by atoms with van der Waals surface area (Å²) in [5, 5.41) is 21.4. The summed E-state index contributed by atoms with van der Waals surface area (Å²) < 4.78 is 11.5. The van der Waals surface area contributed by atoms with Crippen LogP contribution in [-0.2, 0) is 48.2 Å². The lowest BCUT2D eigenvalue weighted by Gasteiger charge is -2.35. The van der Waals surface area contributed by atoms with Crippen molar-refractivity contribution in [3.63, 3.8) is 0 Å². The maximum Gasteiger partial charge on any atom is 0.407 e. The van der Waals surface area contributed by atoms with Crippen molar-refractivity contribution in [1.29, 1.82) is 0 Å². The molecule has 1 fully saturated rings. The number of β-amino-alcohol motifs (C(OH)–C–C–N with tert-alkyl or cyclic N) is 1. The van der Waals surface area contributed by atoms with Crippen LogP contribution in [0.4, 0.5) is 4.79 Å². The van der Waals surface area contributed by atoms with Crippen LogP contribution in [0.1, 0.15) is 103 Å². The van der Waals surface area contributed by atoms with E-state index in [1.165, 1.54) is 4.90 Å². The van der Waals surface area contributed by atoms with E-state index in [-0.39, 0.29) is 50.8 Å². The van der Waals surface area contributed by atoms with Gasteiger partial charge in [0, 0.05) is 32.4 Å². The van der Waals surface area contributed by atoms with E-state index in [4.69, 9.17) is 15.2 Å². The number of benzene rings is 3. The summed E-state index contributed by atoms with van der Waals surface area (Å²) in [6, 6.07) is 17.8. The summed E-state index contributed by atoms with van der Waals surface area (Å²) >= 11 is 1.57. The Balaban J connectivity index is 1.12. The molecule has 1 aliphatic rings. The van der Waals surface area contributed by atoms with Crippen LogP contribution in [0.25, 0.3) is 21.2 Å². The Kier molecular flexibility index (Phi) is 16.5. The van der Waals surface area contributed by atoms with Gasteiger partial charge in [-0.2, -0.15) is 0 Å². The van der Waals surface area contributed by atoms with Crippen molar-refractivity contribution in [3.05, 3.63) is 88.6 Å². The summed E-state index contributed by atoms with van der Waals surface area (Å²) in [6.07, 6.45) is 0.0282. The van der Waals surface area contributed by atoms with Gasteiger partial charge in [-0.25, -0.2) is 9.78 Å². The van der Waals surface area contributed by atoms with Crippen LogP contribution in [0.15, 0.2) is 66.2 Å². The molecule has 14 nitrogen and oxygen atoms in total. The predicted molar refractivity (Wildman–Crippen MR) is 244 cm³/mol. The van der Waals surface area contributed by atoms with Crippen molar-refractivity contribution in [1.82, 2.24) is 25.8 Å². The number of carbonyl (C=O) groups excluding carboxylic acids is 5. The molecule has 63 heavy (non-hydrogen) atoms. The lowest BCUT2D eigenvalue weighted by molar-refractivity contribution is -0.144. The molecule has 1 aromatic heterocycles. The molecule has 1 saturated heterocycles. The summed E-state index contributed by atoms with van der Waals surface area (Å²) in [6.45, 7) is 15.3. The average molecular weight is 885 g/mol. The van der Waals surface area contributed by atoms with Crippen LogP contribution in [0.2, 0.25) is 0 Å². The van der Waals surface area contributed by atoms with Gasteiger partial charge >= 0.3 is 6.09 Å². The molecule has 3 aromatic carbocycles. The van der Waals surface area contributed by atoms with E-state index in [0.29, 0.717) is 19.3 Å². The van der Waals surface area contributed by atoms with Crippen LogP contribution >= 0.6 is 11.3 Å². The number of aliphatic hydroxyl groups excluding tert-OH is 1. The van der Waals surface area contributed by atoms with Crippen molar-refractivity contribution < 1.29 is 38.6 Å². The molecule has 0 saturated carbocycles. The van der Waals surface area contributed by atoms with Crippen molar-refractivity contribution in [2.24, 2.45) is 11.1 Å². The zero-order valence-electron chi connectivity index (χ0n) is 37.8. The number of amides is 5. The first kappa shape index (κ1) is 48.6. The molecule has 0 radical (unpaired) electrons. The Labute approximate surface area is 374 Å². The van der Waals surface area contributed by atoms with Gasteiger partial charge in [0.25, 0.3) is 0 Å². The number of aliphatic hydroxyl groups is 1. The van der Waals surface area contributed by atoms with E-state index in [0.717, 1.165) is 43.6 Å². The number of alkyl carbamates (subject to hydrolysis) is 1. The van der Waals surface area contributed by atoms with E-state index in [2.05, 4.69) is 27.0 Å². The minimum absolute atomic E-state index is 0.00404. The second-order valence-electron chi connectivity index (χ2n) is 18.6. The molecule has 5 amide bonds. The molecule has 6 N–H and O–H groups in total.